The Morgan fingerprint density at radius 3 is 2.70 bits per heavy atom. The zero-order chi connectivity index (χ0) is 24.8. The number of nitrogens with zero attached hydrogens (tertiary/aromatic N) is 1. The zero-order valence-electron chi connectivity index (χ0n) is 19.7. The van der Waals surface area contributed by atoms with Gasteiger partial charge in [0.05, 0.1) is 10.7 Å². The van der Waals surface area contributed by atoms with Gasteiger partial charge >= 0.3 is 5.97 Å². The van der Waals surface area contributed by atoms with E-state index in [2.05, 4.69) is 6.92 Å². The maximum Gasteiger partial charge on any atom is 0.303 e. The minimum atomic E-state index is -3.77. The molecular formula is C25H35ClFNO4S. The molecule has 0 radical (unpaired) electrons. The summed E-state index contributed by atoms with van der Waals surface area (Å²) < 4.78 is 41.6. The topological polar surface area (TPSA) is 74.7 Å². The fourth-order valence-corrected chi connectivity index (χ4v) is 6.37. The predicted octanol–water partition coefficient (Wildman–Crippen LogP) is 6.18. The van der Waals surface area contributed by atoms with Crippen molar-refractivity contribution in [3.8, 4) is 0 Å². The van der Waals surface area contributed by atoms with Crippen molar-refractivity contribution in [3.05, 3.63) is 58.3 Å². The first-order valence-electron chi connectivity index (χ1n) is 11.4. The van der Waals surface area contributed by atoms with Gasteiger partial charge in [0.1, 0.15) is 0 Å². The highest BCUT2D eigenvalue weighted by atomic mass is 35.5. The first-order chi connectivity index (χ1) is 15.4. The molecule has 1 heterocycles. The second-order valence-electron chi connectivity index (χ2n) is 9.10. The molecule has 2 rings (SSSR count). The van der Waals surface area contributed by atoms with Crippen LogP contribution in [-0.2, 0) is 14.8 Å². The van der Waals surface area contributed by atoms with Gasteiger partial charge in [0.15, 0.2) is 0 Å². The monoisotopic (exact) mass is 499 g/mol. The zero-order valence-corrected chi connectivity index (χ0v) is 21.3. The highest BCUT2D eigenvalue weighted by molar-refractivity contribution is 7.93. The molecule has 184 valence electrons. The van der Waals surface area contributed by atoms with Crippen molar-refractivity contribution in [1.29, 1.82) is 0 Å². The summed E-state index contributed by atoms with van der Waals surface area (Å²) in [4.78, 5) is 11.2. The summed E-state index contributed by atoms with van der Waals surface area (Å²) in [5.41, 5.74) is 0. The molecule has 1 aliphatic heterocycles. The SMILES string of the molecule is C/C(F)=C\CC1C(C)C(CCC(=O)O)CN1S(=O)(=O)/C(C)=C/C=C\C(C)[C@H]1C=C(Cl)C=CC1. The third-order valence-corrected chi connectivity index (χ3v) is 8.94. The van der Waals surface area contributed by atoms with E-state index in [1.54, 1.807) is 19.1 Å². The lowest BCUT2D eigenvalue weighted by Crippen LogP contribution is -2.37. The maximum absolute atomic E-state index is 13.4. The molecule has 0 bridgehead atoms. The Bertz CT molecular complexity index is 963. The van der Waals surface area contributed by atoms with E-state index < -0.39 is 22.0 Å². The van der Waals surface area contributed by atoms with Crippen LogP contribution in [0.1, 0.15) is 53.4 Å². The summed E-state index contributed by atoms with van der Waals surface area (Å²) in [7, 11) is -3.77. The summed E-state index contributed by atoms with van der Waals surface area (Å²) in [6, 6.07) is -0.410. The van der Waals surface area contributed by atoms with Crippen LogP contribution in [0.15, 0.2) is 58.3 Å². The van der Waals surface area contributed by atoms with E-state index in [-0.39, 0.29) is 53.8 Å². The van der Waals surface area contributed by atoms with Crippen LogP contribution in [-0.4, -0.2) is 36.4 Å². The number of rotatable bonds is 10. The summed E-state index contributed by atoms with van der Waals surface area (Å²) in [6.07, 6.45) is 14.2. The molecule has 0 aromatic heterocycles. The Balaban J connectivity index is 2.19. The van der Waals surface area contributed by atoms with Gasteiger partial charge < -0.3 is 5.11 Å². The highest BCUT2D eigenvalue weighted by Gasteiger charge is 2.44. The largest absolute Gasteiger partial charge is 0.481 e. The van der Waals surface area contributed by atoms with E-state index in [1.807, 2.05) is 31.2 Å². The second-order valence-corrected chi connectivity index (χ2v) is 11.6. The first-order valence-corrected chi connectivity index (χ1v) is 13.2. The van der Waals surface area contributed by atoms with Gasteiger partial charge in [0.2, 0.25) is 10.0 Å². The van der Waals surface area contributed by atoms with E-state index >= 15 is 0 Å². The van der Waals surface area contributed by atoms with E-state index in [1.165, 1.54) is 17.3 Å². The molecule has 1 N–H and O–H groups in total. The summed E-state index contributed by atoms with van der Waals surface area (Å²) >= 11 is 6.09. The Hall–Kier alpha value is -1.70. The van der Waals surface area contributed by atoms with Crippen molar-refractivity contribution in [2.75, 3.05) is 6.54 Å². The number of sulfonamides is 1. The van der Waals surface area contributed by atoms with E-state index in [0.717, 1.165) is 6.42 Å². The Kier molecular flexibility index (Phi) is 10.1. The molecule has 0 aromatic rings. The van der Waals surface area contributed by atoms with Gasteiger partial charge in [-0.3, -0.25) is 4.79 Å². The number of carboxylic acid groups (broad SMARTS) is 1. The second kappa shape index (κ2) is 12.1. The molecule has 5 atom stereocenters. The number of halogens is 2. The first kappa shape index (κ1) is 27.5. The molecule has 4 unspecified atom stereocenters. The molecular weight excluding hydrogens is 465 g/mol. The van der Waals surface area contributed by atoms with Crippen molar-refractivity contribution < 1.29 is 22.7 Å². The van der Waals surface area contributed by atoms with Crippen molar-refractivity contribution in [3.63, 3.8) is 0 Å². The van der Waals surface area contributed by atoms with Gasteiger partial charge in [-0.2, -0.15) is 4.31 Å². The van der Waals surface area contributed by atoms with E-state index in [4.69, 9.17) is 16.7 Å². The van der Waals surface area contributed by atoms with Crippen LogP contribution in [0.2, 0.25) is 0 Å². The van der Waals surface area contributed by atoms with Gasteiger partial charge in [0.25, 0.3) is 0 Å². The average molecular weight is 500 g/mol. The highest BCUT2D eigenvalue weighted by Crippen LogP contribution is 2.38. The van der Waals surface area contributed by atoms with Gasteiger partial charge in [-0.1, -0.05) is 55.8 Å². The van der Waals surface area contributed by atoms with Crippen LogP contribution in [0, 0.1) is 23.7 Å². The van der Waals surface area contributed by atoms with Crippen LogP contribution in [0.5, 0.6) is 0 Å². The van der Waals surface area contributed by atoms with Gasteiger partial charge in [0, 0.05) is 24.0 Å². The molecule has 0 amide bonds. The lowest BCUT2D eigenvalue weighted by molar-refractivity contribution is -0.137. The normalized spacial score (nSPS) is 28.4. The lowest BCUT2D eigenvalue weighted by atomic mass is 9.88. The minimum absolute atomic E-state index is 0.0160. The summed E-state index contributed by atoms with van der Waals surface area (Å²) in [5.74, 6) is -0.974. The van der Waals surface area contributed by atoms with Crippen molar-refractivity contribution in [2.45, 2.75) is 59.4 Å². The molecule has 8 heteroatoms. The standard InChI is InChI=1S/C25H35ClFNO4S/c1-17(21-9-6-10-23(26)15-21)7-5-8-19(3)33(31,32)28-16-22(12-14-25(29)30)20(4)24(28)13-11-18(2)27/h5-8,10-11,15,17,20-22,24H,9,12-14,16H2,1-4H3,(H,29,30)/b7-5-,18-11+,19-8+/t17?,20?,21-,22?,24?/m1/s1. The van der Waals surface area contributed by atoms with Crippen LogP contribution in [0.4, 0.5) is 4.39 Å². The molecule has 0 saturated carbocycles. The third-order valence-electron chi connectivity index (χ3n) is 6.70. The van der Waals surface area contributed by atoms with Crippen LogP contribution < -0.4 is 0 Å². The molecule has 5 nitrogen and oxygen atoms in total. The maximum atomic E-state index is 13.4. The van der Waals surface area contributed by atoms with Gasteiger partial charge in [-0.05, 0) is 68.9 Å². The average Bonchev–Trinajstić information content (AvgIpc) is 3.06. The van der Waals surface area contributed by atoms with Crippen molar-refractivity contribution in [2.24, 2.45) is 23.7 Å². The summed E-state index contributed by atoms with van der Waals surface area (Å²) in [6.45, 7) is 7.13. The molecule has 0 spiro atoms. The van der Waals surface area contributed by atoms with Crippen LogP contribution >= 0.6 is 11.6 Å². The van der Waals surface area contributed by atoms with E-state index in [0.29, 0.717) is 11.5 Å². The lowest BCUT2D eigenvalue weighted by Gasteiger charge is -2.25. The molecule has 1 aliphatic carbocycles. The number of hydrogen-bond acceptors (Lipinski definition) is 3. The number of aliphatic carboxylic acids is 1. The van der Waals surface area contributed by atoms with Crippen LogP contribution in [0.3, 0.4) is 0 Å². The Morgan fingerprint density at radius 1 is 1.39 bits per heavy atom. The Labute approximate surface area is 202 Å². The fourth-order valence-electron chi connectivity index (χ4n) is 4.48. The third kappa shape index (κ3) is 7.66. The van der Waals surface area contributed by atoms with Gasteiger partial charge in [-0.25, -0.2) is 12.8 Å². The number of carboxylic acids is 1. The van der Waals surface area contributed by atoms with E-state index in [9.17, 15) is 17.6 Å². The quantitative estimate of drug-likeness (QED) is 0.364. The van der Waals surface area contributed by atoms with Crippen molar-refractivity contribution in [1.82, 2.24) is 4.31 Å². The molecule has 33 heavy (non-hydrogen) atoms. The van der Waals surface area contributed by atoms with Crippen molar-refractivity contribution >= 4 is 27.6 Å². The van der Waals surface area contributed by atoms with Gasteiger partial charge in [-0.15, -0.1) is 0 Å². The minimum Gasteiger partial charge on any atom is -0.481 e. The summed E-state index contributed by atoms with van der Waals surface area (Å²) in [5, 5.41) is 9.76. The number of carbonyl (C=O) groups is 1. The Morgan fingerprint density at radius 2 is 2.09 bits per heavy atom. The molecule has 1 saturated heterocycles. The smallest absolute Gasteiger partial charge is 0.303 e. The molecule has 1 fully saturated rings. The molecule has 0 aromatic carbocycles. The molecule has 2 aliphatic rings. The van der Waals surface area contributed by atoms with Crippen LogP contribution in [0.25, 0.3) is 0 Å². The predicted molar refractivity (Wildman–Crippen MR) is 132 cm³/mol. The number of allylic oxidation sites excluding steroid dienone is 9. The fraction of sp³-hybridized carbons (Fsp3) is 0.560. The number of hydrogen-bond donors (Lipinski definition) is 1.